The zero-order valence-corrected chi connectivity index (χ0v) is 15.9. The Morgan fingerprint density at radius 3 is 2.56 bits per heavy atom. The van der Waals surface area contributed by atoms with Gasteiger partial charge in [0.05, 0.1) is 0 Å². The summed E-state index contributed by atoms with van der Waals surface area (Å²) in [4.78, 5) is 20.8. The Balaban J connectivity index is 1.63. The number of carbonyl (C=O) groups is 1. The van der Waals surface area contributed by atoms with Gasteiger partial charge in [-0.1, -0.05) is 55.3 Å². The molecule has 1 aliphatic rings. The zero-order chi connectivity index (χ0) is 19.4. The van der Waals surface area contributed by atoms with Gasteiger partial charge in [-0.15, -0.1) is 0 Å². The number of hydrogen-bond donors (Lipinski definition) is 0. The molecule has 1 fully saturated rings. The van der Waals surface area contributed by atoms with Crippen LogP contribution >= 0.6 is 0 Å². The molecule has 0 atom stereocenters. The van der Waals surface area contributed by atoms with Crippen LogP contribution in [0.2, 0.25) is 0 Å². The molecule has 0 bridgehead atoms. The Morgan fingerprint density at radius 1 is 1.30 bits per heavy atom. The largest absolute Gasteiger partial charge is 0.343 e. The van der Waals surface area contributed by atoms with Crippen LogP contribution in [-0.2, 0) is 10.2 Å². The zero-order valence-electron chi connectivity index (χ0n) is 15.9. The van der Waals surface area contributed by atoms with Gasteiger partial charge in [-0.3, -0.25) is 4.79 Å². The molecule has 1 saturated heterocycles. The highest BCUT2D eigenvalue weighted by Crippen LogP contribution is 2.29. The molecular formula is C19H24N6O2. The van der Waals surface area contributed by atoms with Crippen LogP contribution in [0.4, 0.5) is 0 Å². The molecule has 3 rings (SSSR count). The van der Waals surface area contributed by atoms with E-state index in [1.54, 1.807) is 4.90 Å². The Morgan fingerprint density at radius 2 is 1.96 bits per heavy atom. The lowest BCUT2D eigenvalue weighted by Gasteiger charge is -2.30. The number of amides is 1. The summed E-state index contributed by atoms with van der Waals surface area (Å²) >= 11 is 0. The standard InChI is InChI=1S/C19H24N6O2/c1-19(2,3)15-6-4-13(5-7-15)17-22-18(27-23-17)14-8-10-25(11-9-14)16(26)12-21-24-20/h4-7,14H,8-12H2,1-3H3. The first-order chi connectivity index (χ1) is 12.9. The third kappa shape index (κ3) is 4.46. The fourth-order valence-electron chi connectivity index (χ4n) is 3.21. The molecule has 0 N–H and O–H groups in total. The Hall–Kier alpha value is -2.86. The molecule has 1 aromatic carbocycles. The second-order valence-electron chi connectivity index (χ2n) is 7.83. The van der Waals surface area contributed by atoms with Gasteiger partial charge in [0.2, 0.25) is 17.6 Å². The minimum atomic E-state index is -0.142. The number of rotatable bonds is 4. The van der Waals surface area contributed by atoms with Crippen molar-refractivity contribution in [2.45, 2.75) is 44.9 Å². The lowest BCUT2D eigenvalue weighted by molar-refractivity contribution is -0.130. The minimum Gasteiger partial charge on any atom is -0.343 e. The smallest absolute Gasteiger partial charge is 0.230 e. The third-order valence-electron chi connectivity index (χ3n) is 4.92. The van der Waals surface area contributed by atoms with Crippen molar-refractivity contribution in [1.82, 2.24) is 15.0 Å². The summed E-state index contributed by atoms with van der Waals surface area (Å²) in [7, 11) is 0. The number of hydrogen-bond acceptors (Lipinski definition) is 5. The van der Waals surface area contributed by atoms with Crippen LogP contribution < -0.4 is 0 Å². The van der Waals surface area contributed by atoms with Gasteiger partial charge in [-0.05, 0) is 29.4 Å². The summed E-state index contributed by atoms with van der Waals surface area (Å²) in [5.74, 6) is 1.21. The monoisotopic (exact) mass is 368 g/mol. The number of aromatic nitrogens is 2. The number of likely N-dealkylation sites (tertiary alicyclic amines) is 1. The lowest BCUT2D eigenvalue weighted by atomic mass is 9.87. The van der Waals surface area contributed by atoms with Crippen LogP contribution in [0.3, 0.4) is 0 Å². The van der Waals surface area contributed by atoms with E-state index in [0.29, 0.717) is 24.8 Å². The van der Waals surface area contributed by atoms with Gasteiger partial charge < -0.3 is 9.42 Å². The molecule has 8 heteroatoms. The van der Waals surface area contributed by atoms with Crippen molar-refractivity contribution in [2.75, 3.05) is 19.6 Å². The molecule has 142 valence electrons. The molecule has 0 radical (unpaired) electrons. The van der Waals surface area contributed by atoms with Gasteiger partial charge in [0.1, 0.15) is 6.54 Å². The van der Waals surface area contributed by atoms with Crippen molar-refractivity contribution >= 4 is 5.91 Å². The van der Waals surface area contributed by atoms with E-state index in [2.05, 4.69) is 53.1 Å². The van der Waals surface area contributed by atoms with Crippen molar-refractivity contribution < 1.29 is 9.32 Å². The van der Waals surface area contributed by atoms with Crippen LogP contribution in [0, 0.1) is 0 Å². The summed E-state index contributed by atoms with van der Waals surface area (Å²) in [6, 6.07) is 8.23. The van der Waals surface area contributed by atoms with Gasteiger partial charge in [-0.2, -0.15) is 4.98 Å². The maximum atomic E-state index is 11.9. The van der Waals surface area contributed by atoms with Crippen molar-refractivity contribution in [3.8, 4) is 11.4 Å². The summed E-state index contributed by atoms with van der Waals surface area (Å²) in [6.45, 7) is 7.61. The Kier molecular flexibility index (Phi) is 5.46. The first-order valence-corrected chi connectivity index (χ1v) is 9.11. The van der Waals surface area contributed by atoms with Crippen LogP contribution in [0.25, 0.3) is 21.8 Å². The summed E-state index contributed by atoms with van der Waals surface area (Å²) in [6.07, 6.45) is 1.51. The van der Waals surface area contributed by atoms with E-state index in [1.807, 2.05) is 12.1 Å². The van der Waals surface area contributed by atoms with Crippen LogP contribution in [0.15, 0.2) is 33.9 Å². The average Bonchev–Trinajstić information content (AvgIpc) is 3.16. The number of nitrogens with zero attached hydrogens (tertiary/aromatic N) is 6. The fraction of sp³-hybridized carbons (Fsp3) is 0.526. The van der Waals surface area contributed by atoms with E-state index >= 15 is 0 Å². The van der Waals surface area contributed by atoms with E-state index in [4.69, 9.17) is 10.1 Å². The molecule has 2 heterocycles. The molecule has 1 amide bonds. The van der Waals surface area contributed by atoms with Crippen LogP contribution in [0.1, 0.15) is 51.0 Å². The number of piperidine rings is 1. The van der Waals surface area contributed by atoms with Gasteiger partial charge >= 0.3 is 0 Å². The first-order valence-electron chi connectivity index (χ1n) is 9.11. The predicted octanol–water partition coefficient (Wildman–Crippen LogP) is 4.05. The molecule has 1 aromatic heterocycles. The highest BCUT2D eigenvalue weighted by atomic mass is 16.5. The van der Waals surface area contributed by atoms with Gasteiger partial charge in [0, 0.05) is 29.5 Å². The maximum absolute atomic E-state index is 11.9. The summed E-state index contributed by atoms with van der Waals surface area (Å²) < 4.78 is 5.49. The number of benzene rings is 1. The number of carbonyl (C=O) groups excluding carboxylic acids is 1. The van der Waals surface area contributed by atoms with Gasteiger partial charge in [0.25, 0.3) is 0 Å². The molecule has 2 aromatic rings. The van der Waals surface area contributed by atoms with E-state index in [9.17, 15) is 4.79 Å². The topological polar surface area (TPSA) is 108 Å². The second-order valence-corrected chi connectivity index (χ2v) is 7.83. The molecule has 0 unspecified atom stereocenters. The molecule has 8 nitrogen and oxygen atoms in total. The summed E-state index contributed by atoms with van der Waals surface area (Å²) in [5.41, 5.74) is 10.6. The number of azide groups is 1. The molecule has 0 spiro atoms. The second kappa shape index (κ2) is 7.80. The van der Waals surface area contributed by atoms with E-state index < -0.39 is 0 Å². The molecule has 0 saturated carbocycles. The Bertz CT molecular complexity index is 838. The van der Waals surface area contributed by atoms with E-state index in [1.165, 1.54) is 5.56 Å². The van der Waals surface area contributed by atoms with Crippen molar-refractivity contribution in [3.05, 3.63) is 46.2 Å². The van der Waals surface area contributed by atoms with Crippen LogP contribution in [-0.4, -0.2) is 40.6 Å². The van der Waals surface area contributed by atoms with E-state index in [0.717, 1.165) is 18.4 Å². The normalized spacial score (nSPS) is 15.4. The van der Waals surface area contributed by atoms with E-state index in [-0.39, 0.29) is 23.8 Å². The van der Waals surface area contributed by atoms with Gasteiger partial charge in [-0.25, -0.2) is 0 Å². The fourth-order valence-corrected chi connectivity index (χ4v) is 3.21. The van der Waals surface area contributed by atoms with Crippen LogP contribution in [0.5, 0.6) is 0 Å². The highest BCUT2D eigenvalue weighted by molar-refractivity contribution is 5.78. The molecule has 27 heavy (non-hydrogen) atoms. The van der Waals surface area contributed by atoms with Crippen molar-refractivity contribution in [2.24, 2.45) is 5.11 Å². The predicted molar refractivity (Wildman–Crippen MR) is 101 cm³/mol. The molecule has 1 aliphatic heterocycles. The third-order valence-corrected chi connectivity index (χ3v) is 4.92. The lowest BCUT2D eigenvalue weighted by Crippen LogP contribution is -2.39. The van der Waals surface area contributed by atoms with Crippen molar-refractivity contribution in [3.63, 3.8) is 0 Å². The average molecular weight is 368 g/mol. The first kappa shape index (κ1) is 18.9. The highest BCUT2D eigenvalue weighted by Gasteiger charge is 2.27. The SMILES string of the molecule is CC(C)(C)c1ccc(-c2noc(C3CCN(C(=O)CN=[N+]=[N-])CC3)n2)cc1. The summed E-state index contributed by atoms with van der Waals surface area (Å²) in [5, 5.41) is 7.46. The van der Waals surface area contributed by atoms with Gasteiger partial charge in [0.15, 0.2) is 0 Å². The molecule has 0 aliphatic carbocycles. The molecular weight excluding hydrogens is 344 g/mol. The van der Waals surface area contributed by atoms with Crippen molar-refractivity contribution in [1.29, 1.82) is 0 Å². The quantitative estimate of drug-likeness (QED) is 0.461. The maximum Gasteiger partial charge on any atom is 0.230 e. The Labute approximate surface area is 158 Å². The minimum absolute atomic E-state index is 0.102.